The first kappa shape index (κ1) is 47.5. The Bertz CT molecular complexity index is 2930. The summed E-state index contributed by atoms with van der Waals surface area (Å²) in [7, 11) is 3.02. The standard InChI is InChI=1S/C53H55N7O9S/c1-30(57-49(62)27-56-48(61)14-15-53(2,3)70)50(63)58-35-17-31(28-68-46-23-40-38(21-44(46)66-4)51(64)59-36(25-54-40)19-33-10-6-8-12-42(33)59)16-32(18-35)29-69-47-24-41-39(22-45(47)67-5)52(65)60-37(26-55-41)20-34-11-7-9-13-43(34)60/h6-13,16-18,21-25,30,36-37,55,70H,14-15,19-20,26-29H2,1-5H3,(H,56,61)(H,57,62)(H,58,63)/t30?,36-,37?/m0/s1. The molecule has 362 valence electrons. The van der Waals surface area contributed by atoms with Crippen LogP contribution >= 0.6 is 12.6 Å². The smallest absolute Gasteiger partial charge is 0.261 e. The summed E-state index contributed by atoms with van der Waals surface area (Å²) >= 11 is 4.45. The predicted octanol–water partition coefficient (Wildman–Crippen LogP) is 7.19. The van der Waals surface area contributed by atoms with Crippen molar-refractivity contribution in [1.29, 1.82) is 0 Å². The third-order valence-corrected chi connectivity index (χ3v) is 13.0. The van der Waals surface area contributed by atoms with Crippen molar-refractivity contribution in [2.75, 3.05) is 47.7 Å². The average Bonchev–Trinajstić information content (AvgIpc) is 3.84. The first-order valence-corrected chi connectivity index (χ1v) is 23.6. The van der Waals surface area contributed by atoms with E-state index in [2.05, 4.69) is 40.0 Å². The summed E-state index contributed by atoms with van der Waals surface area (Å²) in [5, 5.41) is 11.6. The van der Waals surface area contributed by atoms with Crippen LogP contribution in [-0.4, -0.2) is 85.9 Å². The topological polar surface area (TPSA) is 189 Å². The minimum atomic E-state index is -0.972. The van der Waals surface area contributed by atoms with Gasteiger partial charge in [-0.1, -0.05) is 50.2 Å². The van der Waals surface area contributed by atoms with Crippen molar-refractivity contribution in [3.63, 3.8) is 0 Å². The van der Waals surface area contributed by atoms with Crippen LogP contribution in [0.25, 0.3) is 0 Å². The second-order valence-corrected chi connectivity index (χ2v) is 19.7. The zero-order valence-electron chi connectivity index (χ0n) is 39.6. The number of para-hydroxylation sites is 2. The van der Waals surface area contributed by atoms with Crippen LogP contribution in [0.2, 0.25) is 0 Å². The number of aliphatic imine (C=N–C) groups is 1. The zero-order valence-corrected chi connectivity index (χ0v) is 40.5. The highest BCUT2D eigenvalue weighted by Crippen LogP contribution is 2.43. The van der Waals surface area contributed by atoms with E-state index in [1.54, 1.807) is 54.4 Å². The molecule has 4 heterocycles. The number of anilines is 4. The van der Waals surface area contributed by atoms with Gasteiger partial charge in [0, 0.05) is 59.5 Å². The van der Waals surface area contributed by atoms with Crippen molar-refractivity contribution in [2.24, 2.45) is 4.99 Å². The van der Waals surface area contributed by atoms with Gasteiger partial charge in [-0.3, -0.25) is 33.9 Å². The number of hydrogen-bond acceptors (Lipinski definition) is 12. The minimum absolute atomic E-state index is 0.00295. The Kier molecular flexibility index (Phi) is 13.5. The monoisotopic (exact) mass is 965 g/mol. The van der Waals surface area contributed by atoms with E-state index in [1.165, 1.54) is 14.2 Å². The Morgan fingerprint density at radius 1 is 0.786 bits per heavy atom. The molecule has 17 heteroatoms. The summed E-state index contributed by atoms with van der Waals surface area (Å²) in [6.45, 7) is 5.60. The van der Waals surface area contributed by atoms with Crippen molar-refractivity contribution < 1.29 is 42.9 Å². The van der Waals surface area contributed by atoms with Crippen molar-refractivity contribution in [2.45, 2.75) is 82.5 Å². The maximum atomic E-state index is 14.1. The van der Waals surface area contributed by atoms with E-state index >= 15 is 0 Å². The van der Waals surface area contributed by atoms with E-state index in [0.717, 1.165) is 28.9 Å². The maximum absolute atomic E-state index is 14.1. The predicted molar refractivity (Wildman–Crippen MR) is 271 cm³/mol. The summed E-state index contributed by atoms with van der Waals surface area (Å²) in [5.74, 6) is -0.221. The van der Waals surface area contributed by atoms with Crippen LogP contribution in [0.15, 0.2) is 96.0 Å². The number of benzene rings is 5. The van der Waals surface area contributed by atoms with Crippen LogP contribution in [0.3, 0.4) is 0 Å². The van der Waals surface area contributed by atoms with Gasteiger partial charge in [0.15, 0.2) is 23.0 Å². The number of ether oxygens (including phenoxy) is 4. The first-order chi connectivity index (χ1) is 33.7. The Hall–Kier alpha value is -7.53. The Labute approximate surface area is 411 Å². The van der Waals surface area contributed by atoms with Crippen molar-refractivity contribution in [1.82, 2.24) is 10.6 Å². The van der Waals surface area contributed by atoms with E-state index < -0.39 is 17.9 Å². The van der Waals surface area contributed by atoms with E-state index in [4.69, 9.17) is 23.9 Å². The number of nitrogens with one attached hydrogen (secondary N) is 4. The number of carbonyl (C=O) groups excluding carboxylic acids is 5. The lowest BCUT2D eigenvalue weighted by Crippen LogP contribution is -2.46. The number of thiol groups is 1. The molecule has 0 aliphatic carbocycles. The summed E-state index contributed by atoms with van der Waals surface area (Å²) in [6, 6.07) is 26.7. The van der Waals surface area contributed by atoms with Crippen LogP contribution in [0.5, 0.6) is 23.0 Å². The van der Waals surface area contributed by atoms with Gasteiger partial charge in [-0.15, -0.1) is 0 Å². The third-order valence-electron chi connectivity index (χ3n) is 12.8. The van der Waals surface area contributed by atoms with Crippen LogP contribution in [0.4, 0.5) is 28.4 Å². The molecule has 0 radical (unpaired) electrons. The van der Waals surface area contributed by atoms with Gasteiger partial charge < -0.3 is 45.1 Å². The van der Waals surface area contributed by atoms with E-state index in [0.29, 0.717) is 81.7 Å². The number of fused-ring (bicyclic) bond motifs is 8. The number of amides is 5. The number of rotatable bonds is 16. The van der Waals surface area contributed by atoms with Gasteiger partial charge in [0.1, 0.15) is 19.3 Å². The number of nitrogens with zero attached hydrogens (tertiary/aromatic N) is 3. The lowest BCUT2D eigenvalue weighted by Gasteiger charge is -2.22. The summed E-state index contributed by atoms with van der Waals surface area (Å²) in [4.78, 5) is 75.2. The molecule has 5 amide bonds. The van der Waals surface area contributed by atoms with Crippen molar-refractivity contribution in [3.8, 4) is 23.0 Å². The fourth-order valence-corrected chi connectivity index (χ4v) is 9.33. The lowest BCUT2D eigenvalue weighted by atomic mass is 10.1. The van der Waals surface area contributed by atoms with Gasteiger partial charge in [0.2, 0.25) is 17.7 Å². The second kappa shape index (κ2) is 19.8. The SMILES string of the molecule is COc1cc2c(cc1OCc1cc(COc3cc4c(cc3OC)C(=O)N3c5ccccc5CC3CN4)cc(NC(=O)C(C)NC(=O)CNC(=O)CCC(C)(C)S)c1)N=C[C@@H]1Cc3ccccc3N1C2=O. The Morgan fingerprint density at radius 2 is 1.40 bits per heavy atom. The molecule has 3 atom stereocenters. The van der Waals surface area contributed by atoms with Crippen molar-refractivity contribution >= 4 is 76.8 Å². The van der Waals surface area contributed by atoms with E-state index in [1.807, 2.05) is 67.3 Å². The fourth-order valence-electron chi connectivity index (χ4n) is 9.22. The molecule has 0 bridgehead atoms. The van der Waals surface area contributed by atoms with E-state index in [-0.39, 0.29) is 60.7 Å². The van der Waals surface area contributed by atoms with E-state index in [9.17, 15) is 24.0 Å². The molecular formula is C53H55N7O9S. The molecule has 0 spiro atoms. The zero-order chi connectivity index (χ0) is 49.3. The summed E-state index contributed by atoms with van der Waals surface area (Å²) in [5.41, 5.74) is 7.52. The van der Waals surface area contributed by atoms with Gasteiger partial charge in [-0.05, 0) is 84.5 Å². The second-order valence-electron chi connectivity index (χ2n) is 18.4. The highest BCUT2D eigenvalue weighted by molar-refractivity contribution is 7.81. The molecule has 5 aromatic carbocycles. The normalized spacial score (nSPS) is 16.7. The molecule has 70 heavy (non-hydrogen) atoms. The fraction of sp³-hybridized carbons (Fsp3) is 0.321. The molecule has 9 rings (SSSR count). The molecule has 2 unspecified atom stereocenters. The number of methoxy groups -OCH3 is 2. The molecule has 0 saturated heterocycles. The quantitative estimate of drug-likeness (QED) is 0.0633. The Morgan fingerprint density at radius 3 is 2.07 bits per heavy atom. The van der Waals surface area contributed by atoms with Crippen LogP contribution in [0, 0.1) is 0 Å². The molecule has 4 aliphatic rings. The van der Waals surface area contributed by atoms with Gasteiger partial charge in [-0.2, -0.15) is 12.6 Å². The summed E-state index contributed by atoms with van der Waals surface area (Å²) in [6.07, 6.45) is 3.92. The van der Waals surface area contributed by atoms with Gasteiger partial charge in [-0.25, -0.2) is 0 Å². The van der Waals surface area contributed by atoms with Gasteiger partial charge in [0.05, 0.1) is 55.3 Å². The molecule has 16 nitrogen and oxygen atoms in total. The molecule has 0 saturated carbocycles. The minimum Gasteiger partial charge on any atom is -0.493 e. The first-order valence-electron chi connectivity index (χ1n) is 23.2. The molecule has 4 aliphatic heterocycles. The van der Waals surface area contributed by atoms with Crippen LogP contribution in [-0.2, 0) is 40.4 Å². The highest BCUT2D eigenvalue weighted by atomic mass is 32.1. The summed E-state index contributed by atoms with van der Waals surface area (Å²) < 4.78 is 24.0. The maximum Gasteiger partial charge on any atom is 0.261 e. The molecule has 0 fully saturated rings. The number of hydrogen-bond donors (Lipinski definition) is 5. The molecular weight excluding hydrogens is 911 g/mol. The van der Waals surface area contributed by atoms with Crippen molar-refractivity contribution in [3.05, 3.63) is 124 Å². The van der Waals surface area contributed by atoms with Crippen LogP contribution in [0.1, 0.15) is 76.6 Å². The van der Waals surface area contributed by atoms with Gasteiger partial charge >= 0.3 is 0 Å². The molecule has 5 aromatic rings. The molecule has 0 aromatic heterocycles. The highest BCUT2D eigenvalue weighted by Gasteiger charge is 2.39. The third kappa shape index (κ3) is 10.1. The average molecular weight is 966 g/mol. The number of carbonyl (C=O) groups is 5. The van der Waals surface area contributed by atoms with Gasteiger partial charge in [0.25, 0.3) is 11.8 Å². The Balaban J connectivity index is 0.944. The largest absolute Gasteiger partial charge is 0.493 e. The lowest BCUT2D eigenvalue weighted by molar-refractivity contribution is -0.128. The molecule has 4 N–H and O–H groups in total. The van der Waals surface area contributed by atoms with Crippen LogP contribution < -0.4 is 50.0 Å².